The van der Waals surface area contributed by atoms with Crippen LogP contribution in [0.25, 0.3) is 0 Å². The Labute approximate surface area is 157 Å². The maximum atomic E-state index is 12.2. The average Bonchev–Trinajstić information content (AvgIpc) is 2.67. The van der Waals surface area contributed by atoms with Gasteiger partial charge in [-0.1, -0.05) is 29.8 Å². The molecule has 0 heterocycles. The van der Waals surface area contributed by atoms with Crippen LogP contribution in [-0.2, 0) is 10.0 Å². The summed E-state index contributed by atoms with van der Waals surface area (Å²) >= 11 is 0. The number of aliphatic imine (C=N–C) groups is 1. The number of rotatable bonds is 9. The van der Waals surface area contributed by atoms with Crippen LogP contribution < -0.4 is 15.4 Å². The Balaban J connectivity index is 1.76. The molecule has 1 aromatic carbocycles. The highest BCUT2D eigenvalue weighted by molar-refractivity contribution is 7.89. The summed E-state index contributed by atoms with van der Waals surface area (Å²) < 4.78 is 26.9. The van der Waals surface area contributed by atoms with Gasteiger partial charge in [0.25, 0.3) is 0 Å². The molecule has 0 spiro atoms. The number of hydrogen-bond acceptors (Lipinski definition) is 3. The van der Waals surface area contributed by atoms with Crippen LogP contribution in [0.4, 0.5) is 0 Å². The van der Waals surface area contributed by atoms with Gasteiger partial charge in [-0.05, 0) is 51.2 Å². The Morgan fingerprint density at radius 3 is 2.62 bits per heavy atom. The summed E-state index contributed by atoms with van der Waals surface area (Å²) in [5.41, 5.74) is 1.52. The molecular formula is C19H30N4O2S. The van der Waals surface area contributed by atoms with Crippen molar-refractivity contribution in [3.8, 4) is 0 Å². The van der Waals surface area contributed by atoms with E-state index in [2.05, 4.69) is 26.4 Å². The fraction of sp³-hybridized carbons (Fsp3) is 0.526. The molecule has 0 radical (unpaired) electrons. The molecule has 26 heavy (non-hydrogen) atoms. The number of sulfonamides is 1. The predicted molar refractivity (Wildman–Crippen MR) is 107 cm³/mol. The Morgan fingerprint density at radius 2 is 1.92 bits per heavy atom. The maximum absolute atomic E-state index is 12.2. The van der Waals surface area contributed by atoms with Crippen molar-refractivity contribution in [2.45, 2.75) is 43.9 Å². The van der Waals surface area contributed by atoms with Gasteiger partial charge in [0, 0.05) is 19.6 Å². The highest BCUT2D eigenvalue weighted by Gasteiger charge is 2.11. The minimum absolute atomic E-state index is 0.263. The Kier molecular flexibility index (Phi) is 8.64. The van der Waals surface area contributed by atoms with Gasteiger partial charge in [-0.3, -0.25) is 4.99 Å². The summed E-state index contributed by atoms with van der Waals surface area (Å²) in [7, 11) is -3.47. The second kappa shape index (κ2) is 11.0. The molecule has 7 heteroatoms. The van der Waals surface area contributed by atoms with Crippen molar-refractivity contribution >= 4 is 16.0 Å². The Hall–Kier alpha value is -1.86. The third kappa shape index (κ3) is 7.17. The van der Waals surface area contributed by atoms with Crippen molar-refractivity contribution < 1.29 is 8.42 Å². The van der Waals surface area contributed by atoms with Crippen LogP contribution in [0.1, 0.15) is 39.0 Å². The minimum Gasteiger partial charge on any atom is -0.357 e. The van der Waals surface area contributed by atoms with E-state index in [4.69, 9.17) is 0 Å². The van der Waals surface area contributed by atoms with Crippen LogP contribution in [0, 0.1) is 0 Å². The molecule has 1 aromatic rings. The highest BCUT2D eigenvalue weighted by Crippen LogP contribution is 2.19. The lowest BCUT2D eigenvalue weighted by molar-refractivity contribution is 0.582. The molecule has 2 rings (SSSR count). The van der Waals surface area contributed by atoms with Gasteiger partial charge in [0.15, 0.2) is 5.96 Å². The standard InChI is InChI=1S/C19H30N4O2S/c1-2-20-19(21-14-13-17-9-5-3-6-10-17)22-15-16-23-26(24,25)18-11-7-4-8-12-18/h4,7-9,11-12,23H,2-3,5-6,10,13-16H2,1H3,(H2,20,21,22). The summed E-state index contributed by atoms with van der Waals surface area (Å²) in [5.74, 6) is 0.725. The number of benzene rings is 1. The van der Waals surface area contributed by atoms with Gasteiger partial charge in [-0.2, -0.15) is 0 Å². The molecule has 0 bridgehead atoms. The fourth-order valence-electron chi connectivity index (χ4n) is 2.85. The van der Waals surface area contributed by atoms with E-state index in [1.165, 1.54) is 31.3 Å². The summed E-state index contributed by atoms with van der Waals surface area (Å²) in [5, 5.41) is 6.51. The predicted octanol–water partition coefficient (Wildman–Crippen LogP) is 2.41. The fourth-order valence-corrected chi connectivity index (χ4v) is 3.89. The first-order chi connectivity index (χ1) is 12.6. The summed E-state index contributed by atoms with van der Waals surface area (Å²) in [6.45, 7) is 4.26. The lowest BCUT2D eigenvalue weighted by Crippen LogP contribution is -2.38. The van der Waals surface area contributed by atoms with Gasteiger partial charge in [0.05, 0.1) is 11.4 Å². The van der Waals surface area contributed by atoms with Crippen LogP contribution in [0.15, 0.2) is 51.9 Å². The molecule has 0 amide bonds. The lowest BCUT2D eigenvalue weighted by atomic mass is 9.97. The second-order valence-corrected chi connectivity index (χ2v) is 8.02. The molecule has 6 nitrogen and oxygen atoms in total. The molecule has 0 aromatic heterocycles. The molecule has 0 atom stereocenters. The topological polar surface area (TPSA) is 82.6 Å². The maximum Gasteiger partial charge on any atom is 0.240 e. The second-order valence-electron chi connectivity index (χ2n) is 6.26. The molecule has 0 saturated heterocycles. The van der Waals surface area contributed by atoms with Crippen LogP contribution in [0.5, 0.6) is 0 Å². The molecule has 1 aliphatic rings. The first-order valence-electron chi connectivity index (χ1n) is 9.36. The van der Waals surface area contributed by atoms with Gasteiger partial charge in [-0.25, -0.2) is 13.1 Å². The van der Waals surface area contributed by atoms with E-state index in [1.807, 2.05) is 6.92 Å². The van der Waals surface area contributed by atoms with Gasteiger partial charge in [0.2, 0.25) is 10.0 Å². The van der Waals surface area contributed by atoms with Crippen molar-refractivity contribution in [1.82, 2.24) is 15.4 Å². The van der Waals surface area contributed by atoms with E-state index in [0.717, 1.165) is 25.5 Å². The molecule has 3 N–H and O–H groups in total. The van der Waals surface area contributed by atoms with Crippen molar-refractivity contribution in [2.24, 2.45) is 4.99 Å². The number of allylic oxidation sites excluding steroid dienone is 1. The number of nitrogens with zero attached hydrogens (tertiary/aromatic N) is 1. The molecular weight excluding hydrogens is 348 g/mol. The highest BCUT2D eigenvalue weighted by atomic mass is 32.2. The molecule has 0 fully saturated rings. The number of guanidine groups is 1. The molecule has 144 valence electrons. The molecule has 1 aliphatic carbocycles. The van der Waals surface area contributed by atoms with E-state index in [1.54, 1.807) is 30.3 Å². The van der Waals surface area contributed by atoms with Gasteiger partial charge >= 0.3 is 0 Å². The zero-order valence-electron chi connectivity index (χ0n) is 15.5. The number of nitrogens with one attached hydrogen (secondary N) is 3. The van der Waals surface area contributed by atoms with Crippen molar-refractivity contribution in [2.75, 3.05) is 26.2 Å². The van der Waals surface area contributed by atoms with Crippen molar-refractivity contribution in [1.29, 1.82) is 0 Å². The van der Waals surface area contributed by atoms with Crippen LogP contribution in [-0.4, -0.2) is 40.6 Å². The Morgan fingerprint density at radius 1 is 1.12 bits per heavy atom. The van der Waals surface area contributed by atoms with Gasteiger partial charge in [0.1, 0.15) is 0 Å². The zero-order valence-corrected chi connectivity index (χ0v) is 16.3. The van der Waals surface area contributed by atoms with E-state index >= 15 is 0 Å². The first-order valence-corrected chi connectivity index (χ1v) is 10.8. The SMILES string of the molecule is CCNC(=NCCNS(=O)(=O)c1ccccc1)NCCC1=CCCCC1. The number of hydrogen-bond donors (Lipinski definition) is 3. The monoisotopic (exact) mass is 378 g/mol. The van der Waals surface area contributed by atoms with E-state index < -0.39 is 10.0 Å². The average molecular weight is 379 g/mol. The molecule has 0 unspecified atom stereocenters. The molecule has 0 aliphatic heterocycles. The first kappa shape index (κ1) is 20.5. The van der Waals surface area contributed by atoms with Crippen LogP contribution in [0.2, 0.25) is 0 Å². The van der Waals surface area contributed by atoms with E-state index in [-0.39, 0.29) is 11.4 Å². The minimum atomic E-state index is -3.47. The summed E-state index contributed by atoms with van der Waals surface area (Å²) in [6.07, 6.45) is 8.39. The van der Waals surface area contributed by atoms with Crippen LogP contribution in [0.3, 0.4) is 0 Å². The lowest BCUT2D eigenvalue weighted by Gasteiger charge is -2.15. The largest absolute Gasteiger partial charge is 0.357 e. The third-order valence-electron chi connectivity index (χ3n) is 4.20. The molecule has 0 saturated carbocycles. The summed E-state index contributed by atoms with van der Waals surface area (Å²) in [4.78, 5) is 4.71. The van der Waals surface area contributed by atoms with Crippen molar-refractivity contribution in [3.63, 3.8) is 0 Å². The van der Waals surface area contributed by atoms with Crippen molar-refractivity contribution in [3.05, 3.63) is 42.0 Å². The smallest absolute Gasteiger partial charge is 0.240 e. The Bertz CT molecular complexity index is 700. The quantitative estimate of drug-likeness (QED) is 0.267. The van der Waals surface area contributed by atoms with Crippen LogP contribution >= 0.6 is 0 Å². The van der Waals surface area contributed by atoms with Gasteiger partial charge < -0.3 is 10.6 Å². The van der Waals surface area contributed by atoms with E-state index in [9.17, 15) is 8.42 Å². The summed E-state index contributed by atoms with van der Waals surface area (Å²) in [6, 6.07) is 8.37. The van der Waals surface area contributed by atoms with Gasteiger partial charge in [-0.15, -0.1) is 0 Å². The normalized spacial score (nSPS) is 15.4. The third-order valence-corrected chi connectivity index (χ3v) is 5.67. The zero-order chi connectivity index (χ0) is 18.7. The van der Waals surface area contributed by atoms with E-state index in [0.29, 0.717) is 6.54 Å².